The van der Waals surface area contributed by atoms with Crippen LogP contribution in [0.15, 0.2) is 60.7 Å². The van der Waals surface area contributed by atoms with Crippen molar-refractivity contribution in [2.45, 2.75) is 20.5 Å². The molecule has 0 saturated carbocycles. The van der Waals surface area contributed by atoms with Crippen molar-refractivity contribution in [2.24, 2.45) is 0 Å². The molecule has 0 saturated heterocycles. The molecule has 0 bridgehead atoms. The van der Waals surface area contributed by atoms with Crippen molar-refractivity contribution in [3.8, 4) is 28.4 Å². The first-order valence-electron chi connectivity index (χ1n) is 8.00. The number of benzene rings is 2. The van der Waals surface area contributed by atoms with E-state index < -0.39 is 11.9 Å². The Bertz CT molecular complexity index is 862. The molecule has 3 rings (SSSR count). The minimum atomic E-state index is -0.481. The smallest absolute Gasteiger partial charge is 0.338 e. The summed E-state index contributed by atoms with van der Waals surface area (Å²) in [5, 5.41) is 0. The Morgan fingerprint density at radius 2 is 1.42 bits per heavy atom. The molecular formula is C21H18O5. The summed E-state index contributed by atoms with van der Waals surface area (Å²) in [6, 6.07) is 10.6. The predicted molar refractivity (Wildman–Crippen MR) is 97.1 cm³/mol. The fraction of sp³-hybridized carbons (Fsp3) is 0.143. The molecule has 0 aromatic heterocycles. The Balaban J connectivity index is 1.87. The van der Waals surface area contributed by atoms with Crippen LogP contribution < -0.4 is 14.2 Å². The molecule has 132 valence electrons. The van der Waals surface area contributed by atoms with E-state index in [4.69, 9.17) is 14.2 Å². The predicted octanol–water partition coefficient (Wildman–Crippen LogP) is 4.21. The van der Waals surface area contributed by atoms with E-state index in [0.717, 1.165) is 16.7 Å². The van der Waals surface area contributed by atoms with Gasteiger partial charge in [0.25, 0.3) is 0 Å². The van der Waals surface area contributed by atoms with Crippen LogP contribution in [-0.2, 0) is 16.2 Å². The maximum absolute atomic E-state index is 11.7. The van der Waals surface area contributed by atoms with Crippen molar-refractivity contribution in [3.05, 3.63) is 66.3 Å². The third kappa shape index (κ3) is 3.52. The molecule has 0 aliphatic carbocycles. The van der Waals surface area contributed by atoms with Gasteiger partial charge in [-0.15, -0.1) is 0 Å². The van der Waals surface area contributed by atoms with Gasteiger partial charge in [0.2, 0.25) is 0 Å². The Morgan fingerprint density at radius 1 is 0.885 bits per heavy atom. The first-order valence-corrected chi connectivity index (χ1v) is 8.00. The van der Waals surface area contributed by atoms with Gasteiger partial charge in [-0.2, -0.15) is 0 Å². The summed E-state index contributed by atoms with van der Waals surface area (Å²) in [4.78, 5) is 23.3. The lowest BCUT2D eigenvalue weighted by Crippen LogP contribution is -2.11. The number of carbonyl (C=O) groups is 2. The number of esters is 2. The molecule has 0 fully saturated rings. The molecule has 2 aromatic carbocycles. The lowest BCUT2D eigenvalue weighted by atomic mass is 9.96. The Hall–Kier alpha value is -3.34. The zero-order valence-electron chi connectivity index (χ0n) is 14.6. The van der Waals surface area contributed by atoms with E-state index in [9.17, 15) is 9.59 Å². The van der Waals surface area contributed by atoms with E-state index in [-0.39, 0.29) is 0 Å². The minimum Gasteiger partial charge on any atom is -0.488 e. The molecule has 0 N–H and O–H groups in total. The van der Waals surface area contributed by atoms with E-state index in [1.54, 1.807) is 38.1 Å². The van der Waals surface area contributed by atoms with E-state index in [1.165, 1.54) is 0 Å². The van der Waals surface area contributed by atoms with Gasteiger partial charge in [0.15, 0.2) is 0 Å². The van der Waals surface area contributed by atoms with Crippen LogP contribution in [0, 0.1) is 0 Å². The maximum atomic E-state index is 11.7. The third-order valence-corrected chi connectivity index (χ3v) is 3.82. The fourth-order valence-electron chi connectivity index (χ4n) is 2.47. The fourth-order valence-corrected chi connectivity index (χ4v) is 2.47. The summed E-state index contributed by atoms with van der Waals surface area (Å²) in [5.41, 5.74) is 3.40. The zero-order chi connectivity index (χ0) is 18.8. The normalized spacial score (nSPS) is 11.5. The lowest BCUT2D eigenvalue weighted by Gasteiger charge is -2.22. The van der Waals surface area contributed by atoms with E-state index in [1.807, 2.05) is 12.1 Å². The van der Waals surface area contributed by atoms with E-state index in [2.05, 4.69) is 13.2 Å². The molecule has 5 heteroatoms. The summed E-state index contributed by atoms with van der Waals surface area (Å²) < 4.78 is 16.3. The number of fused-ring (bicyclic) bond motifs is 3. The summed E-state index contributed by atoms with van der Waals surface area (Å²) in [7, 11) is 0. The van der Waals surface area contributed by atoms with Gasteiger partial charge in [-0.05, 0) is 43.7 Å². The first kappa shape index (κ1) is 17.5. The summed E-state index contributed by atoms with van der Waals surface area (Å²) in [6.45, 7) is 10.6. The van der Waals surface area contributed by atoms with Crippen LogP contribution in [0.3, 0.4) is 0 Å². The van der Waals surface area contributed by atoms with Crippen molar-refractivity contribution < 1.29 is 23.8 Å². The van der Waals surface area contributed by atoms with Crippen LogP contribution in [0.25, 0.3) is 11.1 Å². The molecule has 0 amide bonds. The van der Waals surface area contributed by atoms with Crippen molar-refractivity contribution in [3.63, 3.8) is 0 Å². The largest absolute Gasteiger partial charge is 0.488 e. The van der Waals surface area contributed by atoms with Crippen molar-refractivity contribution in [2.75, 3.05) is 0 Å². The first-order chi connectivity index (χ1) is 12.3. The highest BCUT2D eigenvalue weighted by atomic mass is 16.5. The molecule has 0 unspecified atom stereocenters. The van der Waals surface area contributed by atoms with Gasteiger partial charge in [-0.1, -0.05) is 19.2 Å². The molecule has 1 aliphatic heterocycles. The number of ether oxygens (including phenoxy) is 3. The van der Waals surface area contributed by atoms with Gasteiger partial charge in [-0.3, -0.25) is 0 Å². The number of carbonyl (C=O) groups excluding carboxylic acids is 2. The quantitative estimate of drug-likeness (QED) is 0.470. The average Bonchev–Trinajstić information content (AvgIpc) is 2.61. The van der Waals surface area contributed by atoms with Crippen LogP contribution in [0.2, 0.25) is 0 Å². The standard InChI is InChI=1S/C21H18O5/c1-12(2)20(22)25-15-5-7-17-14(9-15)11-24-19-10-16(6-8-18(17)19)26-21(23)13(3)4/h5-10H,1,3,11H2,2,4H3. The third-order valence-electron chi connectivity index (χ3n) is 3.82. The highest BCUT2D eigenvalue weighted by Gasteiger charge is 2.20. The molecule has 26 heavy (non-hydrogen) atoms. The highest BCUT2D eigenvalue weighted by molar-refractivity contribution is 5.90. The van der Waals surface area contributed by atoms with Crippen LogP contribution in [0.1, 0.15) is 19.4 Å². The molecule has 0 atom stereocenters. The van der Waals surface area contributed by atoms with Gasteiger partial charge in [-0.25, -0.2) is 9.59 Å². The molecule has 0 radical (unpaired) electrons. The molecular weight excluding hydrogens is 332 g/mol. The van der Waals surface area contributed by atoms with Gasteiger partial charge in [0.1, 0.15) is 23.9 Å². The summed E-state index contributed by atoms with van der Waals surface area (Å²) >= 11 is 0. The van der Waals surface area contributed by atoms with Crippen molar-refractivity contribution >= 4 is 11.9 Å². The topological polar surface area (TPSA) is 61.8 Å². The van der Waals surface area contributed by atoms with Gasteiger partial charge in [0, 0.05) is 28.3 Å². The maximum Gasteiger partial charge on any atom is 0.338 e. The van der Waals surface area contributed by atoms with E-state index >= 15 is 0 Å². The van der Waals surface area contributed by atoms with Crippen molar-refractivity contribution in [1.29, 1.82) is 0 Å². The summed E-state index contributed by atoms with van der Waals surface area (Å²) in [5.74, 6) is 0.510. The summed E-state index contributed by atoms with van der Waals surface area (Å²) in [6.07, 6.45) is 0. The number of hydrogen-bond acceptors (Lipinski definition) is 5. The molecule has 1 heterocycles. The molecule has 5 nitrogen and oxygen atoms in total. The van der Waals surface area contributed by atoms with Crippen molar-refractivity contribution in [1.82, 2.24) is 0 Å². The zero-order valence-corrected chi connectivity index (χ0v) is 14.6. The van der Waals surface area contributed by atoms with Gasteiger partial charge in [0.05, 0.1) is 0 Å². The van der Waals surface area contributed by atoms with Crippen LogP contribution >= 0.6 is 0 Å². The second-order valence-corrected chi connectivity index (χ2v) is 6.11. The van der Waals surface area contributed by atoms with E-state index in [0.29, 0.717) is 35.0 Å². The molecule has 0 spiro atoms. The van der Waals surface area contributed by atoms with Crippen LogP contribution in [0.4, 0.5) is 0 Å². The van der Waals surface area contributed by atoms with Crippen LogP contribution in [-0.4, -0.2) is 11.9 Å². The lowest BCUT2D eigenvalue weighted by molar-refractivity contribution is -0.130. The Kier molecular flexibility index (Phi) is 4.63. The van der Waals surface area contributed by atoms with Gasteiger partial charge < -0.3 is 14.2 Å². The Morgan fingerprint density at radius 3 is 2.00 bits per heavy atom. The Labute approximate surface area is 151 Å². The SMILES string of the molecule is C=C(C)C(=O)Oc1ccc2c(c1)COc1cc(OC(=O)C(=C)C)ccc1-2. The molecule has 2 aromatic rings. The molecule has 1 aliphatic rings. The minimum absolute atomic E-state index is 0.318. The highest BCUT2D eigenvalue weighted by Crippen LogP contribution is 2.40. The number of rotatable bonds is 4. The van der Waals surface area contributed by atoms with Gasteiger partial charge >= 0.3 is 11.9 Å². The number of hydrogen-bond donors (Lipinski definition) is 0. The second kappa shape index (κ2) is 6.88. The monoisotopic (exact) mass is 350 g/mol. The average molecular weight is 350 g/mol. The van der Waals surface area contributed by atoms with Crippen LogP contribution in [0.5, 0.6) is 17.2 Å². The second-order valence-electron chi connectivity index (χ2n) is 6.11.